The summed E-state index contributed by atoms with van der Waals surface area (Å²) in [7, 11) is 0. The molecule has 2 unspecified atom stereocenters. The number of nitrogens with one attached hydrogen (secondary N) is 1. The summed E-state index contributed by atoms with van der Waals surface area (Å²) in [6.07, 6.45) is 0. The van der Waals surface area contributed by atoms with E-state index in [1.165, 1.54) is 4.88 Å². The molecule has 0 aliphatic carbocycles. The standard InChI is InChI=1S/C11H17ClN2S/c1-8-9(2)14(5-4-13-8)7-11-10(12)3-6-15-11/h3,6,8-9,13H,4-5,7H2,1-2H3. The lowest BCUT2D eigenvalue weighted by molar-refractivity contribution is 0.132. The third kappa shape index (κ3) is 2.53. The minimum Gasteiger partial charge on any atom is -0.311 e. The molecule has 4 heteroatoms. The number of halogens is 1. The highest BCUT2D eigenvalue weighted by Gasteiger charge is 2.24. The molecule has 1 aromatic heterocycles. The largest absolute Gasteiger partial charge is 0.311 e. The van der Waals surface area contributed by atoms with Gasteiger partial charge in [0, 0.05) is 36.6 Å². The molecule has 2 atom stereocenters. The van der Waals surface area contributed by atoms with Crippen LogP contribution in [0.4, 0.5) is 0 Å². The van der Waals surface area contributed by atoms with Crippen LogP contribution >= 0.6 is 22.9 Å². The highest BCUT2D eigenvalue weighted by atomic mass is 35.5. The minimum atomic E-state index is 0.567. The van der Waals surface area contributed by atoms with Gasteiger partial charge in [0.1, 0.15) is 0 Å². The average molecular weight is 245 g/mol. The molecular weight excluding hydrogens is 228 g/mol. The third-order valence-corrected chi connectivity index (χ3v) is 4.57. The molecule has 1 aromatic rings. The zero-order chi connectivity index (χ0) is 10.8. The van der Waals surface area contributed by atoms with E-state index in [0.29, 0.717) is 12.1 Å². The Morgan fingerprint density at radius 3 is 3.07 bits per heavy atom. The van der Waals surface area contributed by atoms with Crippen molar-refractivity contribution in [2.75, 3.05) is 13.1 Å². The van der Waals surface area contributed by atoms with Crippen LogP contribution in [0.25, 0.3) is 0 Å². The molecule has 15 heavy (non-hydrogen) atoms. The van der Waals surface area contributed by atoms with Gasteiger partial charge < -0.3 is 5.32 Å². The first kappa shape index (κ1) is 11.4. The first-order chi connectivity index (χ1) is 7.18. The zero-order valence-corrected chi connectivity index (χ0v) is 10.7. The van der Waals surface area contributed by atoms with Crippen molar-refractivity contribution >= 4 is 22.9 Å². The van der Waals surface area contributed by atoms with Crippen LogP contribution in [0.2, 0.25) is 5.02 Å². The van der Waals surface area contributed by atoms with Crippen molar-refractivity contribution in [3.8, 4) is 0 Å². The minimum absolute atomic E-state index is 0.567. The number of nitrogens with zero attached hydrogens (tertiary/aromatic N) is 1. The van der Waals surface area contributed by atoms with E-state index >= 15 is 0 Å². The molecule has 1 aliphatic rings. The van der Waals surface area contributed by atoms with Crippen LogP contribution in [0.5, 0.6) is 0 Å². The summed E-state index contributed by atoms with van der Waals surface area (Å²) in [5.74, 6) is 0. The topological polar surface area (TPSA) is 15.3 Å². The Labute approximate surface area is 100 Å². The molecule has 0 radical (unpaired) electrons. The summed E-state index contributed by atoms with van der Waals surface area (Å²) in [5, 5.41) is 6.46. The summed E-state index contributed by atoms with van der Waals surface area (Å²) in [5.41, 5.74) is 0. The first-order valence-electron chi connectivity index (χ1n) is 5.38. The van der Waals surface area contributed by atoms with E-state index in [4.69, 9.17) is 11.6 Å². The van der Waals surface area contributed by atoms with Gasteiger partial charge in [-0.3, -0.25) is 4.90 Å². The quantitative estimate of drug-likeness (QED) is 0.861. The van der Waals surface area contributed by atoms with Gasteiger partial charge in [0.05, 0.1) is 5.02 Å². The SMILES string of the molecule is CC1NCCN(Cc2sccc2Cl)C1C. The van der Waals surface area contributed by atoms with Crippen molar-refractivity contribution in [3.05, 3.63) is 21.3 Å². The molecule has 0 spiro atoms. The van der Waals surface area contributed by atoms with Crippen LogP contribution < -0.4 is 5.32 Å². The molecule has 0 saturated carbocycles. The summed E-state index contributed by atoms with van der Waals surface area (Å²) < 4.78 is 0. The molecule has 0 bridgehead atoms. The smallest absolute Gasteiger partial charge is 0.0558 e. The Bertz CT molecular complexity index is 326. The second kappa shape index (κ2) is 4.83. The molecule has 1 fully saturated rings. The van der Waals surface area contributed by atoms with Gasteiger partial charge in [-0.1, -0.05) is 11.6 Å². The van der Waals surface area contributed by atoms with Crippen molar-refractivity contribution in [2.45, 2.75) is 32.5 Å². The number of thiophene rings is 1. The molecule has 0 aromatic carbocycles. The molecule has 1 saturated heterocycles. The lowest BCUT2D eigenvalue weighted by Crippen LogP contribution is -2.54. The molecule has 1 aliphatic heterocycles. The molecular formula is C11H17ClN2S. The lowest BCUT2D eigenvalue weighted by Gasteiger charge is -2.38. The fourth-order valence-corrected chi connectivity index (χ4v) is 3.09. The van der Waals surface area contributed by atoms with E-state index < -0.39 is 0 Å². The van der Waals surface area contributed by atoms with Crippen LogP contribution in [0.15, 0.2) is 11.4 Å². The van der Waals surface area contributed by atoms with Gasteiger partial charge in [-0.15, -0.1) is 11.3 Å². The number of rotatable bonds is 2. The Kier molecular flexibility index (Phi) is 3.67. The summed E-state index contributed by atoms with van der Waals surface area (Å²) in [6.45, 7) is 7.70. The molecule has 84 valence electrons. The fourth-order valence-electron chi connectivity index (χ4n) is 1.97. The summed E-state index contributed by atoms with van der Waals surface area (Å²) in [6, 6.07) is 3.13. The van der Waals surface area contributed by atoms with Crippen LogP contribution in [0.1, 0.15) is 18.7 Å². The summed E-state index contributed by atoms with van der Waals surface area (Å²) in [4.78, 5) is 3.79. The van der Waals surface area contributed by atoms with Crippen molar-refractivity contribution in [1.29, 1.82) is 0 Å². The van der Waals surface area contributed by atoms with Crippen LogP contribution in [0, 0.1) is 0 Å². The van der Waals surface area contributed by atoms with Gasteiger partial charge in [0.2, 0.25) is 0 Å². The Hall–Kier alpha value is -0.0900. The maximum absolute atomic E-state index is 6.11. The van der Waals surface area contributed by atoms with Gasteiger partial charge in [-0.2, -0.15) is 0 Å². The van der Waals surface area contributed by atoms with Crippen LogP contribution in [-0.4, -0.2) is 30.1 Å². The number of hydrogen-bond donors (Lipinski definition) is 1. The highest BCUT2D eigenvalue weighted by Crippen LogP contribution is 2.25. The normalized spacial score (nSPS) is 28.2. The van der Waals surface area contributed by atoms with Crippen molar-refractivity contribution in [2.24, 2.45) is 0 Å². The number of hydrogen-bond acceptors (Lipinski definition) is 3. The molecule has 1 N–H and O–H groups in total. The average Bonchev–Trinajstić information content (AvgIpc) is 2.60. The Balaban J connectivity index is 2.02. The monoisotopic (exact) mass is 244 g/mol. The van der Waals surface area contributed by atoms with Gasteiger partial charge in [0.25, 0.3) is 0 Å². The van der Waals surface area contributed by atoms with E-state index in [1.54, 1.807) is 11.3 Å². The van der Waals surface area contributed by atoms with Gasteiger partial charge in [-0.25, -0.2) is 0 Å². The highest BCUT2D eigenvalue weighted by molar-refractivity contribution is 7.10. The Morgan fingerprint density at radius 2 is 2.40 bits per heavy atom. The van der Waals surface area contributed by atoms with Gasteiger partial charge >= 0.3 is 0 Å². The molecule has 2 nitrogen and oxygen atoms in total. The van der Waals surface area contributed by atoms with Crippen LogP contribution in [0.3, 0.4) is 0 Å². The number of piperazine rings is 1. The third-order valence-electron chi connectivity index (χ3n) is 3.20. The van der Waals surface area contributed by atoms with E-state index in [1.807, 2.05) is 6.07 Å². The van der Waals surface area contributed by atoms with E-state index in [9.17, 15) is 0 Å². The lowest BCUT2D eigenvalue weighted by atomic mass is 10.1. The van der Waals surface area contributed by atoms with Crippen LogP contribution in [-0.2, 0) is 6.54 Å². The van der Waals surface area contributed by atoms with Gasteiger partial charge in [-0.05, 0) is 25.3 Å². The molecule has 0 amide bonds. The van der Waals surface area contributed by atoms with Crippen molar-refractivity contribution < 1.29 is 0 Å². The van der Waals surface area contributed by atoms with E-state index in [0.717, 1.165) is 24.7 Å². The maximum atomic E-state index is 6.11. The van der Waals surface area contributed by atoms with E-state index in [-0.39, 0.29) is 0 Å². The predicted molar refractivity (Wildman–Crippen MR) is 66.7 cm³/mol. The zero-order valence-electron chi connectivity index (χ0n) is 9.16. The van der Waals surface area contributed by atoms with Crippen molar-refractivity contribution in [1.82, 2.24) is 10.2 Å². The maximum Gasteiger partial charge on any atom is 0.0558 e. The second-order valence-corrected chi connectivity index (χ2v) is 5.55. The first-order valence-corrected chi connectivity index (χ1v) is 6.63. The van der Waals surface area contributed by atoms with Crippen molar-refractivity contribution in [3.63, 3.8) is 0 Å². The summed E-state index contributed by atoms with van der Waals surface area (Å²) >= 11 is 7.86. The second-order valence-electron chi connectivity index (χ2n) is 4.15. The van der Waals surface area contributed by atoms with Gasteiger partial charge in [0.15, 0.2) is 0 Å². The Morgan fingerprint density at radius 1 is 1.60 bits per heavy atom. The molecule has 2 heterocycles. The fraction of sp³-hybridized carbons (Fsp3) is 0.636. The van der Waals surface area contributed by atoms with E-state index in [2.05, 4.69) is 29.4 Å². The predicted octanol–water partition coefficient (Wildman–Crippen LogP) is 2.58. The molecule has 2 rings (SSSR count).